The predicted octanol–water partition coefficient (Wildman–Crippen LogP) is 3.97. The standard InChI is InChI=1S/C25H23N3O4/c1-16-13-20(17(2)28(16)21-11-9-19(10-12-21)24(30)32-3)14-22-23(29)27(25(31)26-22)15-18-7-5-4-6-8-18/h4-14H,15H2,1-3H3,(H,26,31)/b22-14+. The Morgan fingerprint density at radius 3 is 2.38 bits per heavy atom. The number of rotatable bonds is 5. The number of aryl methyl sites for hydroxylation is 1. The Balaban J connectivity index is 1.61. The predicted molar refractivity (Wildman–Crippen MR) is 120 cm³/mol. The monoisotopic (exact) mass is 429 g/mol. The Morgan fingerprint density at radius 2 is 1.72 bits per heavy atom. The van der Waals surface area contributed by atoms with Crippen molar-refractivity contribution in [1.82, 2.24) is 14.8 Å². The normalized spacial score (nSPS) is 14.7. The Labute approximate surface area is 185 Å². The van der Waals surface area contributed by atoms with Gasteiger partial charge in [-0.05, 0) is 61.4 Å². The highest BCUT2D eigenvalue weighted by molar-refractivity contribution is 6.14. The van der Waals surface area contributed by atoms with Gasteiger partial charge in [0.15, 0.2) is 0 Å². The lowest BCUT2D eigenvalue weighted by Gasteiger charge is -2.11. The molecular formula is C25H23N3O4. The van der Waals surface area contributed by atoms with Crippen LogP contribution < -0.4 is 5.32 Å². The molecule has 1 fully saturated rings. The molecule has 0 unspecified atom stereocenters. The van der Waals surface area contributed by atoms with Crippen LogP contribution in [0.15, 0.2) is 66.4 Å². The van der Waals surface area contributed by atoms with Crippen LogP contribution in [0, 0.1) is 13.8 Å². The second kappa shape index (κ2) is 8.55. The van der Waals surface area contributed by atoms with E-state index in [1.165, 1.54) is 12.0 Å². The maximum Gasteiger partial charge on any atom is 0.337 e. The first kappa shape index (κ1) is 21.1. The molecule has 7 nitrogen and oxygen atoms in total. The number of amides is 3. The van der Waals surface area contributed by atoms with Gasteiger partial charge in [0.25, 0.3) is 5.91 Å². The summed E-state index contributed by atoms with van der Waals surface area (Å²) >= 11 is 0. The number of nitrogens with one attached hydrogen (secondary N) is 1. The third-order valence-electron chi connectivity index (χ3n) is 5.46. The second-order valence-electron chi connectivity index (χ2n) is 7.57. The van der Waals surface area contributed by atoms with Crippen molar-refractivity contribution in [2.45, 2.75) is 20.4 Å². The number of carbonyl (C=O) groups excluding carboxylic acids is 3. The average molecular weight is 429 g/mol. The smallest absolute Gasteiger partial charge is 0.337 e. The molecule has 4 rings (SSSR count). The highest BCUT2D eigenvalue weighted by atomic mass is 16.5. The SMILES string of the molecule is COC(=O)c1ccc(-n2c(C)cc(/C=C3/NC(=O)N(Cc4ccccc4)C3=O)c2C)cc1. The van der Waals surface area contributed by atoms with E-state index in [0.29, 0.717) is 5.56 Å². The molecule has 0 radical (unpaired) electrons. The summed E-state index contributed by atoms with van der Waals surface area (Å²) in [6.45, 7) is 4.12. The van der Waals surface area contributed by atoms with E-state index in [4.69, 9.17) is 4.74 Å². The Kier molecular flexibility index (Phi) is 5.64. The van der Waals surface area contributed by atoms with Gasteiger partial charge in [-0.1, -0.05) is 30.3 Å². The summed E-state index contributed by atoms with van der Waals surface area (Å²) in [5.74, 6) is -0.746. The summed E-state index contributed by atoms with van der Waals surface area (Å²) in [5, 5.41) is 2.68. The Bertz CT molecular complexity index is 1220. The largest absolute Gasteiger partial charge is 0.465 e. The number of aromatic nitrogens is 1. The fourth-order valence-corrected chi connectivity index (χ4v) is 3.83. The fraction of sp³-hybridized carbons (Fsp3) is 0.160. The molecule has 1 aliphatic rings. The molecule has 162 valence electrons. The number of imide groups is 1. The molecule has 3 aromatic rings. The second-order valence-corrected chi connectivity index (χ2v) is 7.57. The number of benzene rings is 2. The lowest BCUT2D eigenvalue weighted by Crippen LogP contribution is -2.30. The molecule has 2 heterocycles. The Hall–Kier alpha value is -4.13. The summed E-state index contributed by atoms with van der Waals surface area (Å²) in [5.41, 5.74) is 5.16. The van der Waals surface area contributed by atoms with Crippen LogP contribution in [0.3, 0.4) is 0 Å². The lowest BCUT2D eigenvalue weighted by atomic mass is 10.2. The quantitative estimate of drug-likeness (QED) is 0.378. The van der Waals surface area contributed by atoms with Gasteiger partial charge in [0.1, 0.15) is 5.70 Å². The molecule has 0 saturated carbocycles. The maximum atomic E-state index is 12.9. The molecule has 32 heavy (non-hydrogen) atoms. The van der Waals surface area contributed by atoms with Crippen LogP contribution in [0.25, 0.3) is 11.8 Å². The van der Waals surface area contributed by atoms with Gasteiger partial charge in [-0.15, -0.1) is 0 Å². The number of esters is 1. The van der Waals surface area contributed by atoms with Crippen molar-refractivity contribution in [1.29, 1.82) is 0 Å². The number of urea groups is 1. The van der Waals surface area contributed by atoms with E-state index in [1.807, 2.05) is 66.9 Å². The van der Waals surface area contributed by atoms with E-state index in [2.05, 4.69) is 5.32 Å². The van der Waals surface area contributed by atoms with Crippen LogP contribution in [-0.4, -0.2) is 34.5 Å². The van der Waals surface area contributed by atoms with E-state index < -0.39 is 12.0 Å². The molecule has 1 N–H and O–H groups in total. The number of hydrogen-bond acceptors (Lipinski definition) is 4. The third kappa shape index (κ3) is 3.92. The van der Waals surface area contributed by atoms with Crippen molar-refractivity contribution < 1.29 is 19.1 Å². The number of carbonyl (C=O) groups is 3. The number of methoxy groups -OCH3 is 1. The zero-order chi connectivity index (χ0) is 22.8. The molecule has 2 aromatic carbocycles. The van der Waals surface area contributed by atoms with E-state index >= 15 is 0 Å². The molecule has 0 bridgehead atoms. The van der Waals surface area contributed by atoms with Gasteiger partial charge in [0.05, 0.1) is 19.2 Å². The molecular weight excluding hydrogens is 406 g/mol. The summed E-state index contributed by atoms with van der Waals surface area (Å²) in [4.78, 5) is 38.1. The van der Waals surface area contributed by atoms with Crippen LogP contribution in [0.1, 0.15) is 32.9 Å². The summed E-state index contributed by atoms with van der Waals surface area (Å²) < 4.78 is 6.77. The number of hydrogen-bond donors (Lipinski definition) is 1. The first-order valence-electron chi connectivity index (χ1n) is 10.1. The molecule has 0 atom stereocenters. The summed E-state index contributed by atoms with van der Waals surface area (Å²) in [7, 11) is 1.35. The van der Waals surface area contributed by atoms with Gasteiger partial charge in [-0.25, -0.2) is 9.59 Å². The van der Waals surface area contributed by atoms with Crippen molar-refractivity contribution in [2.75, 3.05) is 7.11 Å². The van der Waals surface area contributed by atoms with Crippen LogP contribution in [-0.2, 0) is 16.1 Å². The third-order valence-corrected chi connectivity index (χ3v) is 5.46. The fourth-order valence-electron chi connectivity index (χ4n) is 3.83. The minimum absolute atomic E-state index is 0.217. The molecule has 0 aliphatic carbocycles. The minimum Gasteiger partial charge on any atom is -0.465 e. The highest BCUT2D eigenvalue weighted by Crippen LogP contribution is 2.25. The van der Waals surface area contributed by atoms with Crippen LogP contribution in [0.2, 0.25) is 0 Å². The van der Waals surface area contributed by atoms with E-state index in [9.17, 15) is 14.4 Å². The van der Waals surface area contributed by atoms with Crippen LogP contribution in [0.4, 0.5) is 4.79 Å². The van der Waals surface area contributed by atoms with Gasteiger partial charge < -0.3 is 14.6 Å². The zero-order valence-corrected chi connectivity index (χ0v) is 18.1. The van der Waals surface area contributed by atoms with Crippen molar-refractivity contribution in [3.8, 4) is 5.69 Å². The molecule has 1 aromatic heterocycles. The van der Waals surface area contributed by atoms with Gasteiger partial charge in [0.2, 0.25) is 0 Å². The van der Waals surface area contributed by atoms with Gasteiger partial charge >= 0.3 is 12.0 Å². The molecule has 0 spiro atoms. The highest BCUT2D eigenvalue weighted by Gasteiger charge is 2.33. The Morgan fingerprint density at radius 1 is 1.03 bits per heavy atom. The first-order chi connectivity index (χ1) is 15.4. The average Bonchev–Trinajstić information content (AvgIpc) is 3.23. The maximum absolute atomic E-state index is 12.9. The molecule has 1 aliphatic heterocycles. The van der Waals surface area contributed by atoms with E-state index in [-0.39, 0.29) is 18.1 Å². The zero-order valence-electron chi connectivity index (χ0n) is 18.1. The molecule has 3 amide bonds. The van der Waals surface area contributed by atoms with Crippen molar-refractivity contribution in [3.63, 3.8) is 0 Å². The van der Waals surface area contributed by atoms with Crippen molar-refractivity contribution in [2.24, 2.45) is 0 Å². The van der Waals surface area contributed by atoms with E-state index in [1.54, 1.807) is 18.2 Å². The van der Waals surface area contributed by atoms with Crippen LogP contribution >= 0.6 is 0 Å². The summed E-state index contributed by atoms with van der Waals surface area (Å²) in [6.07, 6.45) is 1.70. The van der Waals surface area contributed by atoms with Gasteiger partial charge in [0, 0.05) is 17.1 Å². The topological polar surface area (TPSA) is 80.6 Å². The number of nitrogens with zero attached hydrogens (tertiary/aromatic N) is 2. The first-order valence-corrected chi connectivity index (χ1v) is 10.1. The lowest BCUT2D eigenvalue weighted by molar-refractivity contribution is -0.123. The van der Waals surface area contributed by atoms with Crippen LogP contribution in [0.5, 0.6) is 0 Å². The van der Waals surface area contributed by atoms with Crippen molar-refractivity contribution in [3.05, 3.63) is 94.4 Å². The van der Waals surface area contributed by atoms with Gasteiger partial charge in [-0.3, -0.25) is 9.69 Å². The number of ether oxygens (including phenoxy) is 1. The molecule has 1 saturated heterocycles. The van der Waals surface area contributed by atoms with Crippen molar-refractivity contribution >= 4 is 24.0 Å². The molecule has 7 heteroatoms. The summed E-state index contributed by atoms with van der Waals surface area (Å²) in [6, 6.07) is 18.0. The minimum atomic E-state index is -0.433. The van der Waals surface area contributed by atoms with Gasteiger partial charge in [-0.2, -0.15) is 0 Å². The van der Waals surface area contributed by atoms with E-state index in [0.717, 1.165) is 28.2 Å².